The molecule has 0 amide bonds. The molecule has 1 aromatic carbocycles. The van der Waals surface area contributed by atoms with Gasteiger partial charge >= 0.3 is 5.97 Å². The van der Waals surface area contributed by atoms with Crippen LogP contribution in [-0.2, 0) is 9.53 Å². The number of nitrogens with one attached hydrogen (secondary N) is 1. The minimum absolute atomic E-state index is 0.357. The number of carbonyl (C=O) groups is 1. The topological polar surface area (TPSA) is 78.3 Å². The fraction of sp³-hybridized carbons (Fsp3) is 0.353. The lowest BCUT2D eigenvalue weighted by Gasteiger charge is -2.28. The molecule has 1 aliphatic heterocycles. The smallest absolute Gasteiger partial charge is 0.338 e. The van der Waals surface area contributed by atoms with E-state index in [0.29, 0.717) is 29.6 Å². The number of aromatic nitrogens is 3. The quantitative estimate of drug-likeness (QED) is 0.767. The van der Waals surface area contributed by atoms with Crippen LogP contribution >= 0.6 is 15.9 Å². The summed E-state index contributed by atoms with van der Waals surface area (Å²) in [6.45, 7) is 4.17. The number of carbonyl (C=O) groups excluding carboxylic acids is 1. The number of nitrogens with zero attached hydrogens (tertiary/aromatic N) is 3. The summed E-state index contributed by atoms with van der Waals surface area (Å²) in [6, 6.07) is 5.25. The van der Waals surface area contributed by atoms with Crippen LogP contribution in [0.15, 0.2) is 40.3 Å². The molecule has 0 saturated carbocycles. The van der Waals surface area contributed by atoms with Crippen LogP contribution in [0.5, 0.6) is 5.75 Å². The van der Waals surface area contributed by atoms with Gasteiger partial charge in [0, 0.05) is 5.70 Å². The largest absolute Gasteiger partial charge is 0.496 e. The Morgan fingerprint density at radius 2 is 2.24 bits per heavy atom. The van der Waals surface area contributed by atoms with Gasteiger partial charge in [-0.25, -0.2) is 9.48 Å². The Morgan fingerprint density at radius 1 is 1.44 bits per heavy atom. The van der Waals surface area contributed by atoms with Gasteiger partial charge in [-0.2, -0.15) is 10.1 Å². The Bertz CT molecular complexity index is 831. The molecule has 0 aliphatic carbocycles. The molecule has 132 valence electrons. The molecular weight excluding hydrogens is 388 g/mol. The predicted octanol–water partition coefficient (Wildman–Crippen LogP) is 3.29. The van der Waals surface area contributed by atoms with Gasteiger partial charge in [-0.05, 0) is 47.0 Å². The molecule has 1 aromatic heterocycles. The van der Waals surface area contributed by atoms with E-state index in [0.717, 1.165) is 16.5 Å². The first-order chi connectivity index (χ1) is 12.1. The highest BCUT2D eigenvalue weighted by molar-refractivity contribution is 9.10. The number of benzene rings is 1. The second-order valence-corrected chi connectivity index (χ2v) is 6.48. The van der Waals surface area contributed by atoms with E-state index in [1.807, 2.05) is 32.0 Å². The number of ether oxygens (including phenoxy) is 2. The first-order valence-electron chi connectivity index (χ1n) is 7.94. The van der Waals surface area contributed by atoms with Gasteiger partial charge in [0.1, 0.15) is 18.1 Å². The van der Waals surface area contributed by atoms with Crippen molar-refractivity contribution in [2.24, 2.45) is 0 Å². The van der Waals surface area contributed by atoms with Crippen LogP contribution < -0.4 is 10.1 Å². The maximum Gasteiger partial charge on any atom is 0.338 e. The molecule has 1 aliphatic rings. The van der Waals surface area contributed by atoms with Crippen molar-refractivity contribution >= 4 is 27.8 Å². The van der Waals surface area contributed by atoms with E-state index in [1.54, 1.807) is 11.8 Å². The van der Waals surface area contributed by atoms with Crippen molar-refractivity contribution < 1.29 is 14.3 Å². The SMILES string of the molecule is CCCOC(=O)C1=C(C)Nc2ncnn2[C@@H]1c1ccc(OC)c(Br)c1. The van der Waals surface area contributed by atoms with E-state index in [1.165, 1.54) is 6.33 Å². The van der Waals surface area contributed by atoms with Crippen LogP contribution in [0.3, 0.4) is 0 Å². The van der Waals surface area contributed by atoms with Crippen LogP contribution in [-0.4, -0.2) is 34.5 Å². The number of halogens is 1. The predicted molar refractivity (Wildman–Crippen MR) is 96.4 cm³/mol. The van der Waals surface area contributed by atoms with Crippen molar-refractivity contribution in [2.45, 2.75) is 26.3 Å². The zero-order chi connectivity index (χ0) is 18.0. The molecule has 1 N–H and O–H groups in total. The number of hydrogen-bond donors (Lipinski definition) is 1. The van der Waals surface area contributed by atoms with E-state index < -0.39 is 6.04 Å². The Kier molecular flexibility index (Phi) is 5.08. The molecule has 3 rings (SSSR count). The second kappa shape index (κ2) is 7.26. The molecule has 8 heteroatoms. The van der Waals surface area contributed by atoms with Crippen LogP contribution in [0.2, 0.25) is 0 Å². The van der Waals surface area contributed by atoms with E-state index in [9.17, 15) is 4.79 Å². The maximum absolute atomic E-state index is 12.7. The molecule has 25 heavy (non-hydrogen) atoms. The van der Waals surface area contributed by atoms with Gasteiger partial charge in [-0.15, -0.1) is 0 Å². The van der Waals surface area contributed by atoms with Crippen molar-refractivity contribution in [3.63, 3.8) is 0 Å². The maximum atomic E-state index is 12.7. The highest BCUT2D eigenvalue weighted by Gasteiger charge is 2.34. The Hall–Kier alpha value is -2.35. The second-order valence-electron chi connectivity index (χ2n) is 5.62. The molecule has 2 aromatic rings. The number of anilines is 1. The number of rotatable bonds is 5. The lowest BCUT2D eigenvalue weighted by molar-refractivity contribution is -0.139. The van der Waals surface area contributed by atoms with Gasteiger partial charge in [-0.1, -0.05) is 13.0 Å². The molecule has 1 atom stereocenters. The van der Waals surface area contributed by atoms with Gasteiger partial charge in [0.25, 0.3) is 0 Å². The third kappa shape index (κ3) is 3.26. The Labute approximate surface area is 154 Å². The number of allylic oxidation sites excluding steroid dienone is 1. The van der Waals surface area contributed by atoms with Gasteiger partial charge in [0.15, 0.2) is 0 Å². The minimum atomic E-state index is -0.426. The summed E-state index contributed by atoms with van der Waals surface area (Å²) in [5.74, 6) is 0.943. The van der Waals surface area contributed by atoms with E-state index in [4.69, 9.17) is 9.47 Å². The summed E-state index contributed by atoms with van der Waals surface area (Å²) in [5.41, 5.74) is 2.10. The fourth-order valence-corrected chi connectivity index (χ4v) is 3.35. The average molecular weight is 407 g/mol. The fourth-order valence-electron chi connectivity index (χ4n) is 2.79. The number of fused-ring (bicyclic) bond motifs is 1. The molecule has 0 fully saturated rings. The summed E-state index contributed by atoms with van der Waals surface area (Å²) in [5, 5.41) is 7.40. The molecule has 0 spiro atoms. The zero-order valence-electron chi connectivity index (χ0n) is 14.2. The molecule has 0 saturated heterocycles. The lowest BCUT2D eigenvalue weighted by atomic mass is 9.96. The van der Waals surface area contributed by atoms with Crippen LogP contribution in [0.25, 0.3) is 0 Å². The van der Waals surface area contributed by atoms with E-state index in [-0.39, 0.29) is 5.97 Å². The van der Waals surface area contributed by atoms with Gasteiger partial charge in [0.2, 0.25) is 5.95 Å². The third-order valence-electron chi connectivity index (χ3n) is 3.94. The molecule has 0 radical (unpaired) electrons. The van der Waals surface area contributed by atoms with Crippen molar-refractivity contribution in [1.29, 1.82) is 0 Å². The molecule has 0 unspecified atom stereocenters. The third-order valence-corrected chi connectivity index (χ3v) is 4.56. The summed E-state index contributed by atoms with van der Waals surface area (Å²) >= 11 is 3.50. The molecule has 7 nitrogen and oxygen atoms in total. The first-order valence-corrected chi connectivity index (χ1v) is 8.74. The standard InChI is InChI=1S/C17H19BrN4O3/c1-4-7-25-16(23)14-10(2)21-17-19-9-20-22(17)15(14)11-5-6-13(24-3)12(18)8-11/h5-6,8-9,15H,4,7H2,1-3H3,(H,19,20,21)/t15-/m1/s1. The van der Waals surface area contributed by atoms with Gasteiger partial charge < -0.3 is 14.8 Å². The summed E-state index contributed by atoms with van der Waals surface area (Å²) in [4.78, 5) is 16.9. The highest BCUT2D eigenvalue weighted by atomic mass is 79.9. The minimum Gasteiger partial charge on any atom is -0.496 e. The lowest BCUT2D eigenvalue weighted by Crippen LogP contribution is -2.29. The molecule has 0 bridgehead atoms. The van der Waals surface area contributed by atoms with Crippen LogP contribution in [0, 0.1) is 0 Å². The van der Waals surface area contributed by atoms with Crippen LogP contribution in [0.4, 0.5) is 5.95 Å². The monoisotopic (exact) mass is 406 g/mol. The normalized spacial score (nSPS) is 16.2. The summed E-state index contributed by atoms with van der Waals surface area (Å²) < 4.78 is 13.2. The van der Waals surface area contributed by atoms with Crippen LogP contribution in [0.1, 0.15) is 31.9 Å². The highest BCUT2D eigenvalue weighted by Crippen LogP contribution is 2.37. The van der Waals surface area contributed by atoms with Crippen molar-refractivity contribution in [2.75, 3.05) is 19.0 Å². The average Bonchev–Trinajstić information content (AvgIpc) is 3.06. The summed E-state index contributed by atoms with van der Waals surface area (Å²) in [7, 11) is 1.61. The first kappa shape index (κ1) is 17.5. The van der Waals surface area contributed by atoms with E-state index in [2.05, 4.69) is 31.3 Å². The van der Waals surface area contributed by atoms with Crippen molar-refractivity contribution in [3.05, 3.63) is 45.8 Å². The van der Waals surface area contributed by atoms with Gasteiger partial charge in [0.05, 0.1) is 23.8 Å². The zero-order valence-corrected chi connectivity index (χ0v) is 15.8. The van der Waals surface area contributed by atoms with Crippen molar-refractivity contribution in [3.8, 4) is 5.75 Å². The summed E-state index contributed by atoms with van der Waals surface area (Å²) in [6.07, 6.45) is 2.22. The van der Waals surface area contributed by atoms with E-state index >= 15 is 0 Å². The molecule has 2 heterocycles. The van der Waals surface area contributed by atoms with Crippen molar-refractivity contribution in [1.82, 2.24) is 14.8 Å². The Morgan fingerprint density at radius 3 is 2.92 bits per heavy atom. The van der Waals surface area contributed by atoms with Gasteiger partial charge in [-0.3, -0.25) is 0 Å². The number of hydrogen-bond acceptors (Lipinski definition) is 6. The number of esters is 1. The number of methoxy groups -OCH3 is 1. The Balaban J connectivity index is 2.09. The molecular formula is C17H19BrN4O3.